The van der Waals surface area contributed by atoms with Crippen LogP contribution < -0.4 is 5.32 Å². The van der Waals surface area contributed by atoms with Crippen LogP contribution in [0.25, 0.3) is 0 Å². The van der Waals surface area contributed by atoms with E-state index >= 15 is 0 Å². The minimum absolute atomic E-state index is 0.363. The molecular weight excluding hydrogens is 232 g/mol. The van der Waals surface area contributed by atoms with Crippen LogP contribution in [0.5, 0.6) is 0 Å². The van der Waals surface area contributed by atoms with E-state index in [2.05, 4.69) is 29.0 Å². The summed E-state index contributed by atoms with van der Waals surface area (Å²) in [6.07, 6.45) is 3.89. The van der Waals surface area contributed by atoms with Crippen LogP contribution in [-0.2, 0) is 4.74 Å². The molecule has 2 fully saturated rings. The average Bonchev–Trinajstić information content (AvgIpc) is 2.59. The summed E-state index contributed by atoms with van der Waals surface area (Å²) in [5.74, 6) is 2.64. The largest absolute Gasteiger partial charge is 0.381 e. The Morgan fingerprint density at radius 1 is 1.29 bits per heavy atom. The fourth-order valence-electron chi connectivity index (χ4n) is 3.04. The molecule has 17 heavy (non-hydrogen) atoms. The van der Waals surface area contributed by atoms with Crippen molar-refractivity contribution in [3.63, 3.8) is 0 Å². The summed E-state index contributed by atoms with van der Waals surface area (Å²) in [7, 11) is 2.06. The van der Waals surface area contributed by atoms with Gasteiger partial charge in [-0.3, -0.25) is 0 Å². The van der Waals surface area contributed by atoms with Crippen molar-refractivity contribution in [2.45, 2.75) is 19.3 Å². The first-order valence-electron chi connectivity index (χ1n) is 6.87. The van der Waals surface area contributed by atoms with Gasteiger partial charge in [0.2, 0.25) is 0 Å². The molecule has 0 radical (unpaired) electrons. The molecule has 1 atom stereocenters. The SMILES string of the molecule is CNCC1(CN2CCCSCC2)CCCOC1. The Labute approximate surface area is 110 Å². The van der Waals surface area contributed by atoms with Crippen molar-refractivity contribution >= 4 is 11.8 Å². The molecule has 0 saturated carbocycles. The molecule has 1 N–H and O–H groups in total. The summed E-state index contributed by atoms with van der Waals surface area (Å²) >= 11 is 2.11. The minimum Gasteiger partial charge on any atom is -0.381 e. The van der Waals surface area contributed by atoms with Crippen molar-refractivity contribution in [1.82, 2.24) is 10.2 Å². The average molecular weight is 258 g/mol. The Kier molecular flexibility index (Phi) is 5.60. The number of hydrogen-bond donors (Lipinski definition) is 1. The van der Waals surface area contributed by atoms with Gasteiger partial charge in [0.05, 0.1) is 6.61 Å². The molecule has 2 rings (SSSR count). The summed E-state index contributed by atoms with van der Waals surface area (Å²) in [4.78, 5) is 2.66. The highest BCUT2D eigenvalue weighted by molar-refractivity contribution is 7.99. The van der Waals surface area contributed by atoms with Crippen LogP contribution >= 0.6 is 11.8 Å². The van der Waals surface area contributed by atoms with Crippen molar-refractivity contribution in [2.24, 2.45) is 5.41 Å². The zero-order valence-corrected chi connectivity index (χ0v) is 11.9. The number of nitrogens with zero attached hydrogens (tertiary/aromatic N) is 1. The second-order valence-corrected chi connectivity index (χ2v) is 6.65. The van der Waals surface area contributed by atoms with Crippen molar-refractivity contribution < 1.29 is 4.74 Å². The van der Waals surface area contributed by atoms with Gasteiger partial charge in [0.1, 0.15) is 0 Å². The second kappa shape index (κ2) is 6.98. The van der Waals surface area contributed by atoms with Gasteiger partial charge in [-0.1, -0.05) is 0 Å². The Morgan fingerprint density at radius 3 is 3.00 bits per heavy atom. The van der Waals surface area contributed by atoms with Gasteiger partial charge in [-0.2, -0.15) is 11.8 Å². The normalized spacial score (nSPS) is 32.3. The molecule has 2 heterocycles. The van der Waals surface area contributed by atoms with E-state index in [-0.39, 0.29) is 0 Å². The van der Waals surface area contributed by atoms with Gasteiger partial charge in [0.25, 0.3) is 0 Å². The van der Waals surface area contributed by atoms with Crippen LogP contribution in [-0.4, -0.2) is 62.8 Å². The van der Waals surface area contributed by atoms with Gasteiger partial charge in [-0.05, 0) is 38.6 Å². The molecule has 2 saturated heterocycles. The third-order valence-electron chi connectivity index (χ3n) is 3.83. The van der Waals surface area contributed by atoms with Gasteiger partial charge in [-0.25, -0.2) is 0 Å². The molecule has 0 aromatic rings. The first-order chi connectivity index (χ1) is 8.35. The zero-order chi connectivity index (χ0) is 12.0. The van der Waals surface area contributed by atoms with Crippen LogP contribution in [0, 0.1) is 5.41 Å². The molecule has 0 bridgehead atoms. The second-order valence-electron chi connectivity index (χ2n) is 5.43. The lowest BCUT2D eigenvalue weighted by molar-refractivity contribution is -0.0243. The minimum atomic E-state index is 0.363. The summed E-state index contributed by atoms with van der Waals surface area (Å²) in [6.45, 7) is 6.75. The van der Waals surface area contributed by atoms with Gasteiger partial charge in [0.15, 0.2) is 0 Å². The Morgan fingerprint density at radius 2 is 2.24 bits per heavy atom. The first-order valence-corrected chi connectivity index (χ1v) is 8.03. The molecule has 3 nitrogen and oxygen atoms in total. The maximum Gasteiger partial charge on any atom is 0.0546 e. The predicted octanol–water partition coefficient (Wildman–Crippen LogP) is 1.44. The van der Waals surface area contributed by atoms with E-state index in [9.17, 15) is 0 Å². The molecule has 2 aliphatic rings. The molecular formula is C13H26N2OS. The number of thioether (sulfide) groups is 1. The van der Waals surface area contributed by atoms with Crippen molar-refractivity contribution in [2.75, 3.05) is 57.9 Å². The predicted molar refractivity (Wildman–Crippen MR) is 74.8 cm³/mol. The lowest BCUT2D eigenvalue weighted by Gasteiger charge is -2.40. The molecule has 0 aromatic carbocycles. The maximum absolute atomic E-state index is 5.74. The zero-order valence-electron chi connectivity index (χ0n) is 11.0. The first kappa shape index (κ1) is 13.7. The van der Waals surface area contributed by atoms with Gasteiger partial charge >= 0.3 is 0 Å². The number of nitrogens with one attached hydrogen (secondary N) is 1. The third-order valence-corrected chi connectivity index (χ3v) is 4.88. The van der Waals surface area contributed by atoms with Crippen LogP contribution in [0.4, 0.5) is 0 Å². The topological polar surface area (TPSA) is 24.5 Å². The molecule has 100 valence electrons. The number of ether oxygens (including phenoxy) is 1. The standard InChI is InChI=1S/C13H26N2OS/c1-14-10-13(4-2-7-16-12-13)11-15-5-3-8-17-9-6-15/h14H,2-12H2,1H3. The highest BCUT2D eigenvalue weighted by Gasteiger charge is 2.34. The van der Waals surface area contributed by atoms with E-state index in [4.69, 9.17) is 4.74 Å². The smallest absolute Gasteiger partial charge is 0.0546 e. The molecule has 0 amide bonds. The molecule has 0 spiro atoms. The lowest BCUT2D eigenvalue weighted by Crippen LogP contribution is -2.48. The quantitative estimate of drug-likeness (QED) is 0.825. The highest BCUT2D eigenvalue weighted by atomic mass is 32.2. The third kappa shape index (κ3) is 4.12. The summed E-state index contributed by atoms with van der Waals surface area (Å²) in [5, 5.41) is 3.37. The van der Waals surface area contributed by atoms with E-state index in [1.165, 1.54) is 50.4 Å². The summed E-state index contributed by atoms with van der Waals surface area (Å²) in [5.41, 5.74) is 0.363. The van der Waals surface area contributed by atoms with Crippen molar-refractivity contribution in [1.29, 1.82) is 0 Å². The Bertz CT molecular complexity index is 206. The van der Waals surface area contributed by atoms with Gasteiger partial charge < -0.3 is 15.0 Å². The maximum atomic E-state index is 5.74. The Balaban J connectivity index is 1.90. The molecule has 0 aliphatic carbocycles. The molecule has 2 aliphatic heterocycles. The molecule has 0 aromatic heterocycles. The summed E-state index contributed by atoms with van der Waals surface area (Å²) in [6, 6.07) is 0. The molecule has 1 unspecified atom stereocenters. The van der Waals surface area contributed by atoms with Crippen LogP contribution in [0.2, 0.25) is 0 Å². The van der Waals surface area contributed by atoms with Gasteiger partial charge in [-0.15, -0.1) is 0 Å². The van der Waals surface area contributed by atoms with E-state index in [0.29, 0.717) is 5.41 Å². The van der Waals surface area contributed by atoms with E-state index in [1.54, 1.807) is 0 Å². The fraction of sp³-hybridized carbons (Fsp3) is 1.00. The number of hydrogen-bond acceptors (Lipinski definition) is 4. The summed E-state index contributed by atoms with van der Waals surface area (Å²) < 4.78 is 5.74. The fourth-order valence-corrected chi connectivity index (χ4v) is 3.96. The molecule has 4 heteroatoms. The highest BCUT2D eigenvalue weighted by Crippen LogP contribution is 2.29. The van der Waals surface area contributed by atoms with Crippen LogP contribution in [0.15, 0.2) is 0 Å². The van der Waals surface area contributed by atoms with Gasteiger partial charge in [0, 0.05) is 37.4 Å². The number of rotatable bonds is 4. The van der Waals surface area contributed by atoms with E-state index in [0.717, 1.165) is 19.8 Å². The Hall–Kier alpha value is 0.230. The van der Waals surface area contributed by atoms with Crippen LogP contribution in [0.1, 0.15) is 19.3 Å². The lowest BCUT2D eigenvalue weighted by atomic mass is 9.81. The van der Waals surface area contributed by atoms with E-state index in [1.807, 2.05) is 0 Å². The van der Waals surface area contributed by atoms with Crippen molar-refractivity contribution in [3.05, 3.63) is 0 Å². The monoisotopic (exact) mass is 258 g/mol. The van der Waals surface area contributed by atoms with Crippen LogP contribution in [0.3, 0.4) is 0 Å². The van der Waals surface area contributed by atoms with Crippen molar-refractivity contribution in [3.8, 4) is 0 Å². The van der Waals surface area contributed by atoms with E-state index < -0.39 is 0 Å².